The molecule has 0 aromatic heterocycles. The fraction of sp³-hybridized carbons (Fsp3) is 0.500. The molecular formula is C8H11N3. The van der Waals surface area contributed by atoms with E-state index in [1.54, 1.807) is 0 Å². The lowest BCUT2D eigenvalue weighted by atomic mass is 9.85. The largest absolute Gasteiger partial charge is 0.0785 e. The molecule has 1 aliphatic carbocycles. The third-order valence-electron chi connectivity index (χ3n) is 1.65. The van der Waals surface area contributed by atoms with E-state index in [-0.39, 0.29) is 5.41 Å². The molecule has 0 heterocycles. The van der Waals surface area contributed by atoms with Gasteiger partial charge in [0.05, 0.1) is 0 Å². The third-order valence-corrected chi connectivity index (χ3v) is 1.65. The second-order valence-electron chi connectivity index (χ2n) is 3.37. The van der Waals surface area contributed by atoms with E-state index in [1.165, 1.54) is 0 Å². The first-order chi connectivity index (χ1) is 5.14. The standard InChI is InChI=1S/C8H11N3/c1-8(2)5-3-4-7(6-8)10-11-9/h3-5H,6H2,1-2H3. The average Bonchev–Trinajstić information content (AvgIpc) is 1.85. The fourth-order valence-corrected chi connectivity index (χ4v) is 1.13. The highest BCUT2D eigenvalue weighted by Crippen LogP contribution is 2.30. The van der Waals surface area contributed by atoms with Gasteiger partial charge in [-0.25, -0.2) is 0 Å². The maximum atomic E-state index is 8.18. The van der Waals surface area contributed by atoms with Crippen LogP contribution in [-0.4, -0.2) is 0 Å². The molecule has 3 heteroatoms. The van der Waals surface area contributed by atoms with Gasteiger partial charge in [0.1, 0.15) is 0 Å². The quantitative estimate of drug-likeness (QED) is 0.312. The van der Waals surface area contributed by atoms with Gasteiger partial charge in [0.25, 0.3) is 0 Å². The molecule has 0 aliphatic heterocycles. The number of azide groups is 1. The lowest BCUT2D eigenvalue weighted by Gasteiger charge is -2.22. The Morgan fingerprint density at radius 2 is 2.36 bits per heavy atom. The van der Waals surface area contributed by atoms with Gasteiger partial charge in [-0.1, -0.05) is 37.2 Å². The first kappa shape index (κ1) is 7.89. The zero-order valence-corrected chi connectivity index (χ0v) is 6.78. The summed E-state index contributed by atoms with van der Waals surface area (Å²) in [5.41, 5.74) is 9.14. The minimum absolute atomic E-state index is 0.137. The first-order valence-electron chi connectivity index (χ1n) is 3.57. The van der Waals surface area contributed by atoms with E-state index in [2.05, 4.69) is 29.9 Å². The van der Waals surface area contributed by atoms with Crippen LogP contribution in [0.1, 0.15) is 20.3 Å². The van der Waals surface area contributed by atoms with Crippen molar-refractivity contribution in [2.45, 2.75) is 20.3 Å². The average molecular weight is 149 g/mol. The van der Waals surface area contributed by atoms with E-state index in [1.807, 2.05) is 12.2 Å². The van der Waals surface area contributed by atoms with Crippen LogP contribution in [0.15, 0.2) is 29.0 Å². The summed E-state index contributed by atoms with van der Waals surface area (Å²) in [6.07, 6.45) is 6.73. The Bertz CT molecular complexity index is 255. The monoisotopic (exact) mass is 149 g/mol. The summed E-state index contributed by atoms with van der Waals surface area (Å²) in [7, 11) is 0. The van der Waals surface area contributed by atoms with Gasteiger partial charge in [-0.05, 0) is 17.4 Å². The molecule has 0 fully saturated rings. The molecular weight excluding hydrogens is 138 g/mol. The van der Waals surface area contributed by atoms with Crippen LogP contribution in [0.3, 0.4) is 0 Å². The molecule has 58 valence electrons. The Morgan fingerprint density at radius 3 is 2.91 bits per heavy atom. The van der Waals surface area contributed by atoms with Crippen LogP contribution in [0.5, 0.6) is 0 Å². The number of allylic oxidation sites excluding steroid dienone is 4. The SMILES string of the molecule is CC1(C)C=CC=C(N=[N+]=[N-])C1. The molecule has 0 aromatic rings. The lowest BCUT2D eigenvalue weighted by molar-refractivity contribution is 0.467. The van der Waals surface area contributed by atoms with Gasteiger partial charge in [0, 0.05) is 10.6 Å². The molecule has 0 unspecified atom stereocenters. The fourth-order valence-electron chi connectivity index (χ4n) is 1.13. The minimum Gasteiger partial charge on any atom is -0.0785 e. The molecule has 0 amide bonds. The maximum Gasteiger partial charge on any atom is 0.0159 e. The van der Waals surface area contributed by atoms with Crippen molar-refractivity contribution >= 4 is 0 Å². The topological polar surface area (TPSA) is 48.8 Å². The van der Waals surface area contributed by atoms with Crippen LogP contribution < -0.4 is 0 Å². The molecule has 3 nitrogen and oxygen atoms in total. The highest BCUT2D eigenvalue weighted by Gasteiger charge is 2.17. The van der Waals surface area contributed by atoms with E-state index in [9.17, 15) is 0 Å². The van der Waals surface area contributed by atoms with Gasteiger partial charge in [0.2, 0.25) is 0 Å². The molecule has 1 rings (SSSR count). The minimum atomic E-state index is 0.137. The summed E-state index contributed by atoms with van der Waals surface area (Å²) in [6, 6.07) is 0. The number of hydrogen-bond acceptors (Lipinski definition) is 1. The van der Waals surface area contributed by atoms with Gasteiger partial charge in [-0.2, -0.15) is 0 Å². The molecule has 11 heavy (non-hydrogen) atoms. The molecule has 0 atom stereocenters. The lowest BCUT2D eigenvalue weighted by Crippen LogP contribution is -2.09. The van der Waals surface area contributed by atoms with E-state index < -0.39 is 0 Å². The van der Waals surface area contributed by atoms with Crippen molar-refractivity contribution in [3.05, 3.63) is 34.4 Å². The van der Waals surface area contributed by atoms with Crippen LogP contribution in [-0.2, 0) is 0 Å². The summed E-state index contributed by atoms with van der Waals surface area (Å²) in [5.74, 6) is 0. The zero-order valence-electron chi connectivity index (χ0n) is 6.78. The number of nitrogens with zero attached hydrogens (tertiary/aromatic N) is 3. The highest BCUT2D eigenvalue weighted by molar-refractivity contribution is 5.21. The summed E-state index contributed by atoms with van der Waals surface area (Å²) in [6.45, 7) is 4.23. The van der Waals surface area contributed by atoms with Crippen molar-refractivity contribution in [1.29, 1.82) is 0 Å². The van der Waals surface area contributed by atoms with E-state index in [4.69, 9.17) is 5.53 Å². The normalized spacial score (nSPS) is 20.4. The molecule has 0 spiro atoms. The zero-order chi connectivity index (χ0) is 8.32. The van der Waals surface area contributed by atoms with E-state index >= 15 is 0 Å². The van der Waals surface area contributed by atoms with Crippen LogP contribution >= 0.6 is 0 Å². The second kappa shape index (κ2) is 2.81. The summed E-state index contributed by atoms with van der Waals surface area (Å²) in [5, 5.41) is 3.57. The van der Waals surface area contributed by atoms with E-state index in [0.717, 1.165) is 12.1 Å². The Balaban J connectivity index is 2.80. The summed E-state index contributed by atoms with van der Waals surface area (Å²) < 4.78 is 0. The van der Waals surface area contributed by atoms with Crippen LogP contribution in [0.25, 0.3) is 10.4 Å². The Kier molecular flexibility index (Phi) is 2.01. The van der Waals surface area contributed by atoms with Crippen LogP contribution in [0, 0.1) is 5.41 Å². The third kappa shape index (κ3) is 2.13. The van der Waals surface area contributed by atoms with Crippen molar-refractivity contribution in [2.75, 3.05) is 0 Å². The Morgan fingerprint density at radius 1 is 1.64 bits per heavy atom. The molecule has 0 aromatic carbocycles. The first-order valence-corrected chi connectivity index (χ1v) is 3.57. The molecule has 0 radical (unpaired) electrons. The predicted octanol–water partition coefficient (Wildman–Crippen LogP) is 3.17. The van der Waals surface area contributed by atoms with Crippen molar-refractivity contribution < 1.29 is 0 Å². The highest BCUT2D eigenvalue weighted by atomic mass is 15.1. The summed E-state index contributed by atoms with van der Waals surface area (Å²) >= 11 is 0. The van der Waals surface area contributed by atoms with Crippen molar-refractivity contribution in [1.82, 2.24) is 0 Å². The van der Waals surface area contributed by atoms with Gasteiger partial charge < -0.3 is 0 Å². The Labute approximate surface area is 66.0 Å². The van der Waals surface area contributed by atoms with Crippen molar-refractivity contribution in [2.24, 2.45) is 10.5 Å². The Hall–Kier alpha value is -1.21. The summed E-state index contributed by atoms with van der Waals surface area (Å²) in [4.78, 5) is 2.75. The van der Waals surface area contributed by atoms with Gasteiger partial charge in [-0.15, -0.1) is 0 Å². The number of rotatable bonds is 1. The van der Waals surface area contributed by atoms with Crippen molar-refractivity contribution in [3.63, 3.8) is 0 Å². The van der Waals surface area contributed by atoms with Gasteiger partial charge >= 0.3 is 0 Å². The second-order valence-corrected chi connectivity index (χ2v) is 3.37. The van der Waals surface area contributed by atoms with E-state index in [0.29, 0.717) is 0 Å². The number of hydrogen-bond donors (Lipinski definition) is 0. The molecule has 0 N–H and O–H groups in total. The van der Waals surface area contributed by atoms with Gasteiger partial charge in [-0.3, -0.25) is 0 Å². The molecule has 0 bridgehead atoms. The smallest absolute Gasteiger partial charge is 0.0159 e. The molecule has 0 saturated heterocycles. The van der Waals surface area contributed by atoms with Gasteiger partial charge in [0.15, 0.2) is 0 Å². The maximum absolute atomic E-state index is 8.18. The van der Waals surface area contributed by atoms with Crippen molar-refractivity contribution in [3.8, 4) is 0 Å². The van der Waals surface area contributed by atoms with Crippen LogP contribution in [0.2, 0.25) is 0 Å². The predicted molar refractivity (Wildman–Crippen MR) is 44.8 cm³/mol. The van der Waals surface area contributed by atoms with Crippen LogP contribution in [0.4, 0.5) is 0 Å². The molecule has 1 aliphatic rings. The molecule has 0 saturated carbocycles.